The van der Waals surface area contributed by atoms with E-state index in [0.717, 1.165) is 20.9 Å². The van der Waals surface area contributed by atoms with Crippen molar-refractivity contribution in [1.29, 1.82) is 0 Å². The summed E-state index contributed by atoms with van der Waals surface area (Å²) in [6.07, 6.45) is 0. The zero-order valence-corrected chi connectivity index (χ0v) is 11.1. The lowest BCUT2D eigenvalue weighted by Crippen LogP contribution is -2.29. The van der Waals surface area contributed by atoms with Crippen LogP contribution < -0.4 is 10.6 Å². The van der Waals surface area contributed by atoms with E-state index >= 15 is 0 Å². The van der Waals surface area contributed by atoms with Gasteiger partial charge in [-0.2, -0.15) is 0 Å². The summed E-state index contributed by atoms with van der Waals surface area (Å²) in [6, 6.07) is 8.01. The van der Waals surface area contributed by atoms with Gasteiger partial charge in [-0.25, -0.2) is 4.98 Å². The molecule has 2 aromatic rings. The molecule has 0 atom stereocenters. The Labute approximate surface area is 110 Å². The number of hydrogen-bond donors (Lipinski definition) is 2. The average Bonchev–Trinajstić information content (AvgIpc) is 2.68. The lowest BCUT2D eigenvalue weighted by atomic mass is 10.3. The summed E-state index contributed by atoms with van der Waals surface area (Å²) < 4.78 is 1.15. The quantitative estimate of drug-likeness (QED) is 0.659. The van der Waals surface area contributed by atoms with Crippen LogP contribution in [0.25, 0.3) is 10.2 Å². The van der Waals surface area contributed by atoms with E-state index in [1.807, 2.05) is 31.2 Å². The molecule has 0 spiro atoms. The predicted molar refractivity (Wildman–Crippen MR) is 78.7 cm³/mol. The Balaban J connectivity index is 2.03. The zero-order valence-electron chi connectivity index (χ0n) is 9.49. The van der Waals surface area contributed by atoms with E-state index in [2.05, 4.69) is 22.2 Å². The van der Waals surface area contributed by atoms with Crippen LogP contribution in [0.2, 0.25) is 0 Å². The molecule has 0 bridgehead atoms. The number of nitrogens with one attached hydrogen (secondary N) is 2. The van der Waals surface area contributed by atoms with Crippen LogP contribution in [0.5, 0.6) is 0 Å². The SMILES string of the molecule is C=C(C)CNC(=S)Nc1nc2ccccc2s1. The first kappa shape index (κ1) is 12.0. The first-order valence-corrected chi connectivity index (χ1v) is 6.42. The van der Waals surface area contributed by atoms with Gasteiger partial charge in [-0.1, -0.05) is 35.6 Å². The standard InChI is InChI=1S/C12H13N3S2/c1-8(2)7-13-11(16)15-12-14-9-5-3-4-6-10(9)17-12/h3-6H,1,7H2,2H3,(H2,13,14,15,16). The van der Waals surface area contributed by atoms with Gasteiger partial charge < -0.3 is 10.6 Å². The molecule has 1 aromatic heterocycles. The van der Waals surface area contributed by atoms with Gasteiger partial charge in [0.25, 0.3) is 0 Å². The smallest absolute Gasteiger partial charge is 0.190 e. The molecule has 5 heteroatoms. The van der Waals surface area contributed by atoms with Gasteiger partial charge >= 0.3 is 0 Å². The lowest BCUT2D eigenvalue weighted by molar-refractivity contribution is 0.999. The van der Waals surface area contributed by atoms with Gasteiger partial charge in [-0.3, -0.25) is 0 Å². The molecule has 88 valence electrons. The third-order valence-corrected chi connectivity index (χ3v) is 3.26. The fourth-order valence-corrected chi connectivity index (χ4v) is 2.40. The Morgan fingerprint density at radius 2 is 2.24 bits per heavy atom. The summed E-state index contributed by atoms with van der Waals surface area (Å²) in [5, 5.41) is 7.52. The third kappa shape index (κ3) is 3.25. The molecule has 0 radical (unpaired) electrons. The van der Waals surface area contributed by atoms with Gasteiger partial charge in [0.2, 0.25) is 0 Å². The monoisotopic (exact) mass is 263 g/mol. The predicted octanol–water partition coefficient (Wildman–Crippen LogP) is 3.16. The van der Waals surface area contributed by atoms with Crippen LogP contribution in [0, 0.1) is 0 Å². The second-order valence-corrected chi connectivity index (χ2v) is 5.19. The van der Waals surface area contributed by atoms with E-state index in [0.29, 0.717) is 11.7 Å². The van der Waals surface area contributed by atoms with E-state index in [9.17, 15) is 0 Å². The maximum Gasteiger partial charge on any atom is 0.190 e. The maximum absolute atomic E-state index is 5.16. The molecular weight excluding hydrogens is 250 g/mol. The maximum atomic E-state index is 5.16. The van der Waals surface area contributed by atoms with Gasteiger partial charge in [0.15, 0.2) is 10.2 Å². The van der Waals surface area contributed by atoms with Gasteiger partial charge in [-0.15, -0.1) is 0 Å². The van der Waals surface area contributed by atoms with Crippen LogP contribution in [0.4, 0.5) is 5.13 Å². The van der Waals surface area contributed by atoms with E-state index in [-0.39, 0.29) is 0 Å². The van der Waals surface area contributed by atoms with E-state index in [4.69, 9.17) is 12.2 Å². The summed E-state index contributed by atoms with van der Waals surface area (Å²) in [5.41, 5.74) is 2.03. The molecule has 0 amide bonds. The van der Waals surface area contributed by atoms with Crippen molar-refractivity contribution >= 4 is 44.0 Å². The van der Waals surface area contributed by atoms with Crippen LogP contribution in [0.3, 0.4) is 0 Å². The molecule has 3 nitrogen and oxygen atoms in total. The van der Waals surface area contributed by atoms with Crippen LogP contribution >= 0.6 is 23.6 Å². The Hall–Kier alpha value is -1.46. The topological polar surface area (TPSA) is 37.0 Å². The highest BCUT2D eigenvalue weighted by molar-refractivity contribution is 7.80. The van der Waals surface area contributed by atoms with Gasteiger partial charge in [0.1, 0.15) is 0 Å². The summed E-state index contributed by atoms with van der Waals surface area (Å²) >= 11 is 6.75. The normalized spacial score (nSPS) is 10.2. The molecule has 0 aliphatic heterocycles. The second kappa shape index (κ2) is 5.25. The van der Waals surface area contributed by atoms with Crippen molar-refractivity contribution in [2.75, 3.05) is 11.9 Å². The van der Waals surface area contributed by atoms with E-state index in [1.54, 1.807) is 11.3 Å². The third-order valence-electron chi connectivity index (χ3n) is 2.07. The minimum atomic E-state index is 0.576. The Bertz CT molecular complexity index is 527. The number of aromatic nitrogens is 1. The Morgan fingerprint density at radius 3 is 2.94 bits per heavy atom. The molecule has 0 aliphatic rings. The average molecular weight is 263 g/mol. The van der Waals surface area contributed by atoms with Crippen LogP contribution in [0.15, 0.2) is 36.4 Å². The van der Waals surface area contributed by atoms with Crippen molar-refractivity contribution in [3.05, 3.63) is 36.4 Å². The molecule has 17 heavy (non-hydrogen) atoms. The number of para-hydroxylation sites is 1. The summed E-state index contributed by atoms with van der Waals surface area (Å²) in [5.74, 6) is 0. The molecule has 1 aromatic carbocycles. The van der Waals surface area contributed by atoms with Gasteiger partial charge in [0.05, 0.1) is 10.2 Å². The van der Waals surface area contributed by atoms with Crippen molar-refractivity contribution in [1.82, 2.24) is 10.3 Å². The largest absolute Gasteiger partial charge is 0.359 e. The lowest BCUT2D eigenvalue weighted by Gasteiger charge is -2.07. The van der Waals surface area contributed by atoms with E-state index in [1.165, 1.54) is 0 Å². The van der Waals surface area contributed by atoms with Crippen molar-refractivity contribution in [2.45, 2.75) is 6.92 Å². The molecule has 0 fully saturated rings. The summed E-state index contributed by atoms with van der Waals surface area (Å²) in [7, 11) is 0. The molecule has 0 unspecified atom stereocenters. The van der Waals surface area contributed by atoms with Crippen molar-refractivity contribution < 1.29 is 0 Å². The number of anilines is 1. The Morgan fingerprint density at radius 1 is 1.47 bits per heavy atom. The van der Waals surface area contributed by atoms with Crippen LogP contribution in [-0.2, 0) is 0 Å². The van der Waals surface area contributed by atoms with Crippen LogP contribution in [-0.4, -0.2) is 16.6 Å². The highest BCUT2D eigenvalue weighted by Gasteiger charge is 2.04. The number of benzene rings is 1. The minimum Gasteiger partial charge on any atom is -0.359 e. The first-order chi connectivity index (χ1) is 8.15. The second-order valence-electron chi connectivity index (χ2n) is 3.75. The summed E-state index contributed by atoms with van der Waals surface area (Å²) in [4.78, 5) is 4.44. The fourth-order valence-electron chi connectivity index (χ4n) is 1.30. The van der Waals surface area contributed by atoms with Gasteiger partial charge in [-0.05, 0) is 31.3 Å². The molecular formula is C12H13N3S2. The van der Waals surface area contributed by atoms with E-state index < -0.39 is 0 Å². The number of hydrogen-bond acceptors (Lipinski definition) is 3. The Kier molecular flexibility index (Phi) is 3.71. The first-order valence-electron chi connectivity index (χ1n) is 5.20. The molecule has 0 saturated heterocycles. The van der Waals surface area contributed by atoms with Crippen LogP contribution in [0.1, 0.15) is 6.92 Å². The van der Waals surface area contributed by atoms with Gasteiger partial charge in [0, 0.05) is 6.54 Å². The molecule has 2 N–H and O–H groups in total. The number of nitrogens with zero attached hydrogens (tertiary/aromatic N) is 1. The number of thiocarbonyl (C=S) groups is 1. The minimum absolute atomic E-state index is 0.576. The number of fused-ring (bicyclic) bond motifs is 1. The molecule has 2 rings (SSSR count). The highest BCUT2D eigenvalue weighted by atomic mass is 32.1. The van der Waals surface area contributed by atoms with Crippen molar-refractivity contribution in [2.24, 2.45) is 0 Å². The van der Waals surface area contributed by atoms with Crippen molar-refractivity contribution in [3.63, 3.8) is 0 Å². The number of thiazole rings is 1. The molecule has 0 saturated carbocycles. The van der Waals surface area contributed by atoms with Crippen molar-refractivity contribution in [3.8, 4) is 0 Å². The molecule has 0 aliphatic carbocycles. The highest BCUT2D eigenvalue weighted by Crippen LogP contribution is 2.25. The zero-order chi connectivity index (χ0) is 12.3. The summed E-state index contributed by atoms with van der Waals surface area (Å²) in [6.45, 7) is 6.43. The molecule has 1 heterocycles. The fraction of sp³-hybridized carbons (Fsp3) is 0.167. The number of rotatable bonds is 3.